The Bertz CT molecular complexity index is 471. The molecule has 0 aromatic carbocycles. The molecule has 0 atom stereocenters. The third-order valence-electron chi connectivity index (χ3n) is 2.99. The molecule has 0 unspecified atom stereocenters. The zero-order valence-corrected chi connectivity index (χ0v) is 14.0. The minimum Gasteiger partial charge on any atom is -0.355 e. The van der Waals surface area contributed by atoms with Gasteiger partial charge >= 0.3 is 4.87 Å². The van der Waals surface area contributed by atoms with E-state index in [9.17, 15) is 9.59 Å². The summed E-state index contributed by atoms with van der Waals surface area (Å²) in [5.74, 6) is -0.00606. The number of thiazole rings is 1. The highest BCUT2D eigenvalue weighted by atomic mass is 35.5. The van der Waals surface area contributed by atoms with Gasteiger partial charge in [0.05, 0.1) is 0 Å². The maximum Gasteiger partial charge on any atom is 0.307 e. The molecule has 0 radical (unpaired) electrons. The van der Waals surface area contributed by atoms with Gasteiger partial charge in [-0.3, -0.25) is 9.59 Å². The number of halogens is 1. The molecule has 0 aliphatic heterocycles. The molecule has 0 bridgehead atoms. The first-order valence-electron chi connectivity index (χ1n) is 6.70. The van der Waals surface area contributed by atoms with Crippen LogP contribution in [0.15, 0.2) is 4.79 Å². The molecule has 0 saturated heterocycles. The lowest BCUT2D eigenvalue weighted by molar-refractivity contribution is -0.121. The molecule has 20 heavy (non-hydrogen) atoms. The summed E-state index contributed by atoms with van der Waals surface area (Å²) >= 11 is 1.24. The molecule has 1 heterocycles. The summed E-state index contributed by atoms with van der Waals surface area (Å²) in [4.78, 5) is 24.3. The van der Waals surface area contributed by atoms with E-state index in [4.69, 9.17) is 0 Å². The lowest BCUT2D eigenvalue weighted by Gasteiger charge is -2.07. The van der Waals surface area contributed by atoms with Crippen LogP contribution in [-0.2, 0) is 11.3 Å². The Labute approximate surface area is 130 Å². The molecule has 1 rings (SSSR count). The fourth-order valence-electron chi connectivity index (χ4n) is 1.74. The smallest absolute Gasteiger partial charge is 0.307 e. The largest absolute Gasteiger partial charge is 0.355 e. The molecule has 1 aromatic heterocycles. The van der Waals surface area contributed by atoms with Gasteiger partial charge in [0.2, 0.25) is 5.91 Å². The van der Waals surface area contributed by atoms with Crippen LogP contribution in [0.3, 0.4) is 0 Å². The molecular weight excluding hydrogens is 298 g/mol. The number of nitrogens with one attached hydrogen (secondary N) is 2. The summed E-state index contributed by atoms with van der Waals surface area (Å²) in [5.41, 5.74) is 0.965. The molecule has 0 saturated carbocycles. The number of carbonyl (C=O) groups excluding carboxylic acids is 1. The summed E-state index contributed by atoms with van der Waals surface area (Å²) in [6, 6.07) is 0. The minimum atomic E-state index is -0.00606. The summed E-state index contributed by atoms with van der Waals surface area (Å²) in [6.45, 7) is 8.80. The zero-order valence-electron chi connectivity index (χ0n) is 12.3. The van der Waals surface area contributed by atoms with Crippen molar-refractivity contribution in [2.75, 3.05) is 19.6 Å². The quantitative estimate of drug-likeness (QED) is 0.712. The van der Waals surface area contributed by atoms with E-state index in [-0.39, 0.29) is 23.2 Å². The van der Waals surface area contributed by atoms with Crippen LogP contribution in [0, 0.1) is 13.8 Å². The molecule has 116 valence electrons. The van der Waals surface area contributed by atoms with Crippen molar-refractivity contribution in [2.45, 2.75) is 40.2 Å². The first-order valence-corrected chi connectivity index (χ1v) is 7.52. The van der Waals surface area contributed by atoms with Crippen molar-refractivity contribution in [2.24, 2.45) is 0 Å². The number of rotatable bonds is 8. The van der Waals surface area contributed by atoms with E-state index in [0.29, 0.717) is 19.5 Å². The van der Waals surface area contributed by atoms with Gasteiger partial charge in [-0.25, -0.2) is 0 Å². The van der Waals surface area contributed by atoms with Crippen molar-refractivity contribution >= 4 is 29.7 Å². The molecule has 0 spiro atoms. The molecule has 7 heteroatoms. The van der Waals surface area contributed by atoms with E-state index in [1.807, 2.05) is 13.8 Å². The lowest BCUT2D eigenvalue weighted by Crippen LogP contribution is -2.33. The SMILES string of the molecule is CCCNCCNC(=O)CCn1c(C)c(C)sc1=O.Cl. The number of aromatic nitrogens is 1. The Kier molecular flexibility index (Phi) is 9.54. The van der Waals surface area contributed by atoms with Gasteiger partial charge in [0.15, 0.2) is 0 Å². The Morgan fingerprint density at radius 2 is 1.95 bits per heavy atom. The van der Waals surface area contributed by atoms with Crippen LogP contribution in [0.2, 0.25) is 0 Å². The van der Waals surface area contributed by atoms with Crippen LogP contribution in [0.25, 0.3) is 0 Å². The predicted molar refractivity (Wildman–Crippen MR) is 86.1 cm³/mol. The van der Waals surface area contributed by atoms with Gasteiger partial charge in [0, 0.05) is 36.6 Å². The second-order valence-corrected chi connectivity index (χ2v) is 5.68. The third-order valence-corrected chi connectivity index (χ3v) is 3.98. The maximum atomic E-state index is 11.6. The van der Waals surface area contributed by atoms with Crippen LogP contribution < -0.4 is 15.5 Å². The van der Waals surface area contributed by atoms with Crippen molar-refractivity contribution in [3.05, 3.63) is 20.2 Å². The number of hydrogen-bond acceptors (Lipinski definition) is 4. The first kappa shape index (κ1) is 19.1. The average Bonchev–Trinajstić information content (AvgIpc) is 2.61. The van der Waals surface area contributed by atoms with Gasteiger partial charge in [0.25, 0.3) is 0 Å². The van der Waals surface area contributed by atoms with Crippen molar-refractivity contribution in [1.82, 2.24) is 15.2 Å². The van der Waals surface area contributed by atoms with E-state index in [1.165, 1.54) is 11.3 Å². The van der Waals surface area contributed by atoms with Crippen molar-refractivity contribution in [1.29, 1.82) is 0 Å². The molecule has 0 fully saturated rings. The Morgan fingerprint density at radius 3 is 2.50 bits per heavy atom. The van der Waals surface area contributed by atoms with E-state index in [1.54, 1.807) is 4.57 Å². The standard InChI is InChI=1S/C13H23N3O2S.ClH/c1-4-6-14-7-8-15-12(17)5-9-16-10(2)11(3)19-13(16)18;/h14H,4-9H2,1-3H3,(H,15,17);1H. The highest BCUT2D eigenvalue weighted by molar-refractivity contribution is 7.09. The first-order chi connectivity index (χ1) is 9.06. The van der Waals surface area contributed by atoms with Gasteiger partial charge in [-0.2, -0.15) is 0 Å². The number of amides is 1. The monoisotopic (exact) mass is 321 g/mol. The van der Waals surface area contributed by atoms with Gasteiger partial charge in [-0.05, 0) is 26.8 Å². The van der Waals surface area contributed by atoms with Crippen LogP contribution in [0.4, 0.5) is 0 Å². The van der Waals surface area contributed by atoms with Crippen LogP contribution in [-0.4, -0.2) is 30.1 Å². The van der Waals surface area contributed by atoms with Gasteiger partial charge in [0.1, 0.15) is 0 Å². The Hall–Kier alpha value is -0.850. The maximum absolute atomic E-state index is 11.6. The fourth-order valence-corrected chi connectivity index (χ4v) is 2.60. The Balaban J connectivity index is 0.00000361. The second-order valence-electron chi connectivity index (χ2n) is 4.51. The van der Waals surface area contributed by atoms with E-state index in [0.717, 1.165) is 30.1 Å². The molecule has 0 aliphatic carbocycles. The van der Waals surface area contributed by atoms with Gasteiger partial charge in [-0.1, -0.05) is 18.3 Å². The number of aryl methyl sites for hydroxylation is 1. The summed E-state index contributed by atoms with van der Waals surface area (Å²) in [6.07, 6.45) is 1.44. The van der Waals surface area contributed by atoms with Gasteiger partial charge < -0.3 is 15.2 Å². The summed E-state index contributed by atoms with van der Waals surface area (Å²) < 4.78 is 1.68. The van der Waals surface area contributed by atoms with Crippen molar-refractivity contribution < 1.29 is 4.79 Å². The number of carbonyl (C=O) groups is 1. The number of hydrogen-bond donors (Lipinski definition) is 2. The van der Waals surface area contributed by atoms with Gasteiger partial charge in [-0.15, -0.1) is 12.4 Å². The second kappa shape index (κ2) is 9.96. The third kappa shape index (κ3) is 6.07. The van der Waals surface area contributed by atoms with E-state index < -0.39 is 0 Å². The highest BCUT2D eigenvalue weighted by Crippen LogP contribution is 2.09. The van der Waals surface area contributed by atoms with Crippen LogP contribution in [0.5, 0.6) is 0 Å². The Morgan fingerprint density at radius 1 is 1.25 bits per heavy atom. The predicted octanol–water partition coefficient (Wildman–Crippen LogP) is 1.45. The summed E-state index contributed by atoms with van der Waals surface area (Å²) in [5, 5.41) is 6.06. The molecular formula is C13H24ClN3O2S. The van der Waals surface area contributed by atoms with Crippen LogP contribution in [0.1, 0.15) is 30.3 Å². The fraction of sp³-hybridized carbons (Fsp3) is 0.692. The summed E-state index contributed by atoms with van der Waals surface area (Å²) in [7, 11) is 0. The average molecular weight is 322 g/mol. The van der Waals surface area contributed by atoms with E-state index >= 15 is 0 Å². The normalized spacial score (nSPS) is 10.2. The van der Waals surface area contributed by atoms with Crippen molar-refractivity contribution in [3.8, 4) is 0 Å². The van der Waals surface area contributed by atoms with Crippen LogP contribution >= 0.6 is 23.7 Å². The topological polar surface area (TPSA) is 63.1 Å². The lowest BCUT2D eigenvalue weighted by atomic mass is 10.3. The number of nitrogens with zero attached hydrogens (tertiary/aromatic N) is 1. The molecule has 5 nitrogen and oxygen atoms in total. The minimum absolute atomic E-state index is 0. The molecule has 2 N–H and O–H groups in total. The highest BCUT2D eigenvalue weighted by Gasteiger charge is 2.09. The molecule has 1 amide bonds. The molecule has 0 aliphatic rings. The van der Waals surface area contributed by atoms with Crippen molar-refractivity contribution in [3.63, 3.8) is 0 Å². The molecule has 1 aromatic rings. The zero-order chi connectivity index (χ0) is 14.3. The van der Waals surface area contributed by atoms with E-state index in [2.05, 4.69) is 17.6 Å².